The Morgan fingerprint density at radius 3 is 2.46 bits per heavy atom. The average molecular weight is 391 g/mol. The minimum Gasteiger partial charge on any atom is -0.385 e. The molecule has 0 unspecified atom stereocenters. The van der Waals surface area contributed by atoms with Crippen molar-refractivity contribution in [1.82, 2.24) is 15.1 Å². The number of carbonyl (C=O) groups excluding carboxylic acids is 1. The molecule has 0 spiro atoms. The Morgan fingerprint density at radius 1 is 1.21 bits per heavy atom. The van der Waals surface area contributed by atoms with Crippen LogP contribution in [0.5, 0.6) is 0 Å². The largest absolute Gasteiger partial charge is 0.385 e. The smallest absolute Gasteiger partial charge is 0.253 e. The Labute approximate surface area is 168 Å². The van der Waals surface area contributed by atoms with E-state index < -0.39 is 0 Å². The van der Waals surface area contributed by atoms with E-state index in [-0.39, 0.29) is 5.91 Å². The molecule has 1 aliphatic rings. The number of methoxy groups -OCH3 is 1. The summed E-state index contributed by atoms with van der Waals surface area (Å²) < 4.78 is 11.0. The number of hydrogen-bond acceptors (Lipinski definition) is 4. The van der Waals surface area contributed by atoms with E-state index in [2.05, 4.69) is 15.2 Å². The summed E-state index contributed by atoms with van der Waals surface area (Å²) >= 11 is 0. The van der Waals surface area contributed by atoms with Gasteiger partial charge in [0, 0.05) is 66.7 Å². The van der Waals surface area contributed by atoms with Crippen molar-refractivity contribution in [2.24, 2.45) is 4.99 Å². The van der Waals surface area contributed by atoms with Gasteiger partial charge in [0.1, 0.15) is 0 Å². The molecule has 0 aliphatic carbocycles. The number of rotatable bonds is 8. The van der Waals surface area contributed by atoms with Crippen molar-refractivity contribution in [2.75, 3.05) is 54.6 Å². The summed E-state index contributed by atoms with van der Waals surface area (Å²) in [6, 6.07) is 7.71. The number of amides is 1. The zero-order valence-electron chi connectivity index (χ0n) is 17.6. The first-order valence-electron chi connectivity index (χ1n) is 9.92. The highest BCUT2D eigenvalue weighted by molar-refractivity contribution is 5.93. The van der Waals surface area contributed by atoms with Crippen LogP contribution in [0.3, 0.4) is 0 Å². The summed E-state index contributed by atoms with van der Waals surface area (Å²) in [6.45, 7) is 4.06. The molecule has 1 aliphatic heterocycles. The number of carbonyl (C=O) groups is 1. The molecule has 0 saturated carbocycles. The maximum absolute atomic E-state index is 12.0. The molecule has 0 bridgehead atoms. The number of aliphatic imine (C=N–C) groups is 1. The molecule has 0 atom stereocenters. The second-order valence-electron chi connectivity index (χ2n) is 7.20. The predicted molar refractivity (Wildman–Crippen MR) is 112 cm³/mol. The van der Waals surface area contributed by atoms with Crippen molar-refractivity contribution in [2.45, 2.75) is 31.9 Å². The molecule has 1 aromatic rings. The third-order valence-electron chi connectivity index (χ3n) is 4.86. The lowest BCUT2D eigenvalue weighted by Crippen LogP contribution is -2.46. The Kier molecular flexibility index (Phi) is 9.23. The highest BCUT2D eigenvalue weighted by Gasteiger charge is 2.21. The van der Waals surface area contributed by atoms with Gasteiger partial charge in [-0.2, -0.15) is 0 Å². The van der Waals surface area contributed by atoms with E-state index in [4.69, 9.17) is 9.47 Å². The summed E-state index contributed by atoms with van der Waals surface area (Å²) in [4.78, 5) is 20.2. The highest BCUT2D eigenvalue weighted by Crippen LogP contribution is 2.14. The summed E-state index contributed by atoms with van der Waals surface area (Å²) in [5, 5.41) is 3.42. The molecule has 1 amide bonds. The first kappa shape index (κ1) is 22.2. The fourth-order valence-electron chi connectivity index (χ4n) is 3.22. The molecule has 1 fully saturated rings. The van der Waals surface area contributed by atoms with Crippen LogP contribution in [0.4, 0.5) is 0 Å². The van der Waals surface area contributed by atoms with Gasteiger partial charge in [0.05, 0.1) is 6.10 Å². The standard InChI is InChI=1S/C21H34N4O3/c1-22-21(25-12-10-19(11-13-25)28-15-5-14-27-4)23-16-17-6-8-18(9-7-17)20(26)24(2)3/h6-9,19H,5,10-16H2,1-4H3,(H,22,23). The fraction of sp³-hybridized carbons (Fsp3) is 0.619. The molecular weight excluding hydrogens is 356 g/mol. The molecule has 1 aromatic carbocycles. The molecule has 0 aromatic heterocycles. The van der Waals surface area contributed by atoms with Crippen molar-refractivity contribution < 1.29 is 14.3 Å². The SMILES string of the molecule is CN=C(NCc1ccc(C(=O)N(C)C)cc1)N1CCC(OCCCOC)CC1. The Morgan fingerprint density at radius 2 is 1.89 bits per heavy atom. The molecule has 156 valence electrons. The minimum absolute atomic E-state index is 0.0163. The van der Waals surface area contributed by atoms with Crippen LogP contribution in [0.2, 0.25) is 0 Å². The normalized spacial score (nSPS) is 15.6. The van der Waals surface area contributed by atoms with E-state index in [1.165, 1.54) is 0 Å². The Hall–Kier alpha value is -2.12. The summed E-state index contributed by atoms with van der Waals surface area (Å²) in [5.41, 5.74) is 1.82. The van der Waals surface area contributed by atoms with Gasteiger partial charge in [-0.05, 0) is 37.0 Å². The average Bonchev–Trinajstić information content (AvgIpc) is 2.72. The number of nitrogens with zero attached hydrogens (tertiary/aromatic N) is 3. The number of piperidine rings is 1. The number of ether oxygens (including phenoxy) is 2. The summed E-state index contributed by atoms with van der Waals surface area (Å²) in [6.07, 6.45) is 3.29. The van der Waals surface area contributed by atoms with Crippen LogP contribution in [0.25, 0.3) is 0 Å². The van der Waals surface area contributed by atoms with Crippen LogP contribution in [0.15, 0.2) is 29.3 Å². The van der Waals surface area contributed by atoms with Gasteiger partial charge in [-0.3, -0.25) is 9.79 Å². The van der Waals surface area contributed by atoms with Gasteiger partial charge in [0.25, 0.3) is 5.91 Å². The summed E-state index contributed by atoms with van der Waals surface area (Å²) in [7, 11) is 7.05. The fourth-order valence-corrected chi connectivity index (χ4v) is 3.22. The van der Waals surface area contributed by atoms with Gasteiger partial charge in [0.15, 0.2) is 5.96 Å². The number of benzene rings is 1. The van der Waals surface area contributed by atoms with Crippen LogP contribution < -0.4 is 5.32 Å². The van der Waals surface area contributed by atoms with E-state index in [1.807, 2.05) is 31.3 Å². The van der Waals surface area contributed by atoms with Gasteiger partial charge in [-0.1, -0.05) is 12.1 Å². The van der Waals surface area contributed by atoms with Crippen LogP contribution in [0.1, 0.15) is 35.2 Å². The van der Waals surface area contributed by atoms with E-state index in [1.54, 1.807) is 26.1 Å². The van der Waals surface area contributed by atoms with E-state index in [9.17, 15) is 4.79 Å². The molecule has 0 radical (unpaired) electrons. The zero-order chi connectivity index (χ0) is 20.4. The second kappa shape index (κ2) is 11.7. The number of nitrogens with one attached hydrogen (secondary N) is 1. The van der Waals surface area contributed by atoms with Gasteiger partial charge in [-0.15, -0.1) is 0 Å². The number of likely N-dealkylation sites (tertiary alicyclic amines) is 1. The second-order valence-corrected chi connectivity index (χ2v) is 7.20. The highest BCUT2D eigenvalue weighted by atomic mass is 16.5. The van der Waals surface area contributed by atoms with Gasteiger partial charge < -0.3 is 24.6 Å². The predicted octanol–water partition coefficient (Wildman–Crippen LogP) is 1.98. The van der Waals surface area contributed by atoms with Crippen LogP contribution in [-0.4, -0.2) is 82.3 Å². The third kappa shape index (κ3) is 6.80. The summed E-state index contributed by atoms with van der Waals surface area (Å²) in [5.74, 6) is 0.925. The lowest BCUT2D eigenvalue weighted by molar-refractivity contribution is 0.00989. The third-order valence-corrected chi connectivity index (χ3v) is 4.86. The van der Waals surface area contributed by atoms with Gasteiger partial charge >= 0.3 is 0 Å². The number of hydrogen-bond donors (Lipinski definition) is 1. The van der Waals surface area contributed by atoms with E-state index in [0.29, 0.717) is 18.2 Å². The van der Waals surface area contributed by atoms with Crippen LogP contribution in [-0.2, 0) is 16.0 Å². The van der Waals surface area contributed by atoms with E-state index >= 15 is 0 Å². The van der Waals surface area contributed by atoms with Crippen molar-refractivity contribution in [1.29, 1.82) is 0 Å². The van der Waals surface area contributed by atoms with Crippen molar-refractivity contribution in [3.8, 4) is 0 Å². The quantitative estimate of drug-likeness (QED) is 0.418. The minimum atomic E-state index is 0.0163. The molecule has 1 N–H and O–H groups in total. The molecule has 28 heavy (non-hydrogen) atoms. The zero-order valence-corrected chi connectivity index (χ0v) is 17.6. The first-order chi connectivity index (χ1) is 13.5. The number of guanidine groups is 1. The van der Waals surface area contributed by atoms with Gasteiger partial charge in [0.2, 0.25) is 0 Å². The van der Waals surface area contributed by atoms with E-state index in [0.717, 1.165) is 57.1 Å². The molecule has 7 nitrogen and oxygen atoms in total. The lowest BCUT2D eigenvalue weighted by Gasteiger charge is -2.34. The molecule has 7 heteroatoms. The van der Waals surface area contributed by atoms with Crippen molar-refractivity contribution >= 4 is 11.9 Å². The first-order valence-corrected chi connectivity index (χ1v) is 9.92. The molecule has 2 rings (SSSR count). The Bertz CT molecular complexity index is 623. The van der Waals surface area contributed by atoms with Gasteiger partial charge in [-0.25, -0.2) is 0 Å². The topological polar surface area (TPSA) is 66.4 Å². The van der Waals surface area contributed by atoms with Crippen LogP contribution in [0, 0.1) is 0 Å². The maximum Gasteiger partial charge on any atom is 0.253 e. The monoisotopic (exact) mass is 390 g/mol. The molecule has 1 saturated heterocycles. The molecular formula is C21H34N4O3. The maximum atomic E-state index is 12.0. The Balaban J connectivity index is 1.77. The van der Waals surface area contributed by atoms with Crippen molar-refractivity contribution in [3.05, 3.63) is 35.4 Å². The molecule has 1 heterocycles. The van der Waals surface area contributed by atoms with Crippen molar-refractivity contribution in [3.63, 3.8) is 0 Å². The van der Waals surface area contributed by atoms with Crippen LogP contribution >= 0.6 is 0 Å². The lowest BCUT2D eigenvalue weighted by atomic mass is 10.1.